The van der Waals surface area contributed by atoms with Crippen LogP contribution in [0.25, 0.3) is 0 Å². The van der Waals surface area contributed by atoms with Crippen LogP contribution in [0.15, 0.2) is 0 Å². The van der Waals surface area contributed by atoms with E-state index in [0.717, 1.165) is 0 Å². The third-order valence-corrected chi connectivity index (χ3v) is 5.21. The first-order chi connectivity index (χ1) is 10.2. The van der Waals surface area contributed by atoms with Gasteiger partial charge in [0.25, 0.3) is 0 Å². The van der Waals surface area contributed by atoms with Gasteiger partial charge in [0.15, 0.2) is 0 Å². The van der Waals surface area contributed by atoms with Gasteiger partial charge in [-0.3, -0.25) is 13.9 Å². The first kappa shape index (κ1) is 41.2. The van der Waals surface area contributed by atoms with Crippen molar-refractivity contribution in [3.05, 3.63) is 0 Å². The quantitative estimate of drug-likeness (QED) is 0.240. The Labute approximate surface area is 166 Å². The average molecular weight is 442 g/mol. The summed E-state index contributed by atoms with van der Waals surface area (Å²) in [5.41, 5.74) is -1.07. The van der Waals surface area contributed by atoms with Crippen LogP contribution in [0.5, 0.6) is 0 Å². The maximum Gasteiger partial charge on any atom is 0.469 e. The van der Waals surface area contributed by atoms with Gasteiger partial charge in [-0.25, -0.2) is 4.57 Å². The number of rotatable bonds is 8. The Morgan fingerprint density at radius 3 is 1.59 bits per heavy atom. The van der Waals surface area contributed by atoms with Crippen molar-refractivity contribution in [2.24, 2.45) is 5.41 Å². The predicted octanol–water partition coefficient (Wildman–Crippen LogP) is 4.58. The number of carbonyl (C=O) groups is 1. The molecule has 0 saturated carbocycles. The molecule has 0 fully saturated rings. The third-order valence-electron chi connectivity index (χ3n) is 3.18. The predicted molar refractivity (Wildman–Crippen MR) is 112 cm³/mol. The molecule has 0 bridgehead atoms. The molecule has 0 amide bonds. The van der Waals surface area contributed by atoms with Crippen molar-refractivity contribution in [3.63, 3.8) is 0 Å². The highest BCUT2D eigenvalue weighted by molar-refractivity contribution is 7.52. The lowest BCUT2D eigenvalue weighted by Crippen LogP contribution is -2.26. The van der Waals surface area contributed by atoms with Crippen LogP contribution in [0, 0.1) is 5.41 Å². The molecule has 1 atom stereocenters. The first-order valence-electron chi connectivity index (χ1n) is 7.09. The van der Waals surface area contributed by atoms with Crippen molar-refractivity contribution in [1.82, 2.24) is 0 Å². The van der Waals surface area contributed by atoms with E-state index in [1.54, 1.807) is 27.7 Å². The fourth-order valence-corrected chi connectivity index (χ4v) is 1.66. The zero-order chi connectivity index (χ0) is 18.9. The van der Waals surface area contributed by atoms with Crippen LogP contribution in [0.4, 0.5) is 0 Å². The van der Waals surface area contributed by atoms with Gasteiger partial charge in [0, 0.05) is 0 Å². The topological polar surface area (TPSA) is 151 Å². The van der Waals surface area contributed by atoms with Crippen LogP contribution in [-0.4, -0.2) is 44.4 Å². The van der Waals surface area contributed by atoms with Crippen LogP contribution in [-0.2, 0) is 23.2 Å². The molecule has 1 unspecified atom stereocenters. The smallest absolute Gasteiger partial charge is 0.463 e. The number of phosphoric ester groups is 1. The fraction of sp³-hybridized carbons (Fsp3) is 0.938. The van der Waals surface area contributed by atoms with Gasteiger partial charge in [0.2, 0.25) is 0 Å². The van der Waals surface area contributed by atoms with E-state index >= 15 is 0 Å². The molecule has 9 nitrogen and oxygen atoms in total. The molecule has 0 rings (SSSR count). The zero-order valence-corrected chi connectivity index (χ0v) is 15.9. The molecule has 0 aromatic carbocycles. The number of phosphoric acid groups is 1. The van der Waals surface area contributed by atoms with E-state index in [1.807, 2.05) is 6.92 Å². The van der Waals surface area contributed by atoms with Crippen LogP contribution >= 0.6 is 15.4 Å². The molecule has 0 aromatic heterocycles. The standard InChI is InChI=1S/C8H17O6P.C4H11O3P.4CH4/c1-4-8(2,3)7(9)13-5-6-14-15(10,11)12;1-3-4(2)8(5,6)7;;;;/h4-6H2,1-3H3,(H2,10,11,12);4H,3H2,1-2H3,(H2,5,6,7);4*1H4. The molecule has 0 radical (unpaired) electrons. The molecule has 0 aliphatic carbocycles. The van der Waals surface area contributed by atoms with Gasteiger partial charge >= 0.3 is 21.4 Å². The number of esters is 1. The molecule has 172 valence electrons. The molecule has 0 saturated heterocycles. The highest BCUT2D eigenvalue weighted by atomic mass is 31.2. The normalized spacial score (nSPS) is 11.7. The minimum absolute atomic E-state index is 0. The second kappa shape index (κ2) is 17.8. The molecule has 27 heavy (non-hydrogen) atoms. The van der Waals surface area contributed by atoms with E-state index in [9.17, 15) is 13.9 Å². The van der Waals surface area contributed by atoms with Crippen molar-refractivity contribution >= 4 is 21.4 Å². The van der Waals surface area contributed by atoms with E-state index in [1.165, 1.54) is 0 Å². The highest BCUT2D eigenvalue weighted by Crippen LogP contribution is 2.42. The first-order valence-corrected chi connectivity index (χ1v) is 10.3. The van der Waals surface area contributed by atoms with Crippen molar-refractivity contribution < 1.29 is 42.8 Å². The van der Waals surface area contributed by atoms with Gasteiger partial charge in [-0.15, -0.1) is 0 Å². The number of hydrogen-bond donors (Lipinski definition) is 4. The van der Waals surface area contributed by atoms with E-state index in [4.69, 9.17) is 24.3 Å². The minimum atomic E-state index is -4.46. The summed E-state index contributed by atoms with van der Waals surface area (Å²) in [6, 6.07) is 0. The molecule has 0 spiro atoms. The summed E-state index contributed by atoms with van der Waals surface area (Å²) in [5.74, 6) is -0.403. The zero-order valence-electron chi connectivity index (χ0n) is 14.1. The van der Waals surface area contributed by atoms with Gasteiger partial charge < -0.3 is 24.3 Å². The SMILES string of the molecule is C.C.C.C.CCC(C)(C)C(=O)OCCOP(=O)(O)O.CCC(C)P(=O)(O)O. The summed E-state index contributed by atoms with van der Waals surface area (Å²) in [7, 11) is -8.22. The van der Waals surface area contributed by atoms with E-state index in [-0.39, 0.29) is 42.9 Å². The van der Waals surface area contributed by atoms with Gasteiger partial charge in [0.05, 0.1) is 17.7 Å². The van der Waals surface area contributed by atoms with Gasteiger partial charge in [-0.1, -0.05) is 50.5 Å². The highest BCUT2D eigenvalue weighted by Gasteiger charge is 2.27. The largest absolute Gasteiger partial charge is 0.469 e. The van der Waals surface area contributed by atoms with E-state index in [0.29, 0.717) is 12.8 Å². The molecule has 0 aliphatic heterocycles. The Balaban J connectivity index is -0.0000000806. The summed E-state index contributed by atoms with van der Waals surface area (Å²) in [5, 5.41) is 0. The number of ether oxygens (including phenoxy) is 1. The average Bonchev–Trinajstić information content (AvgIpc) is 2.40. The van der Waals surface area contributed by atoms with Crippen molar-refractivity contribution in [2.45, 2.75) is 82.8 Å². The third kappa shape index (κ3) is 23.7. The Kier molecular flexibility index (Phi) is 27.2. The molecular formula is C16H44O9P2. The fourth-order valence-electron chi connectivity index (χ4n) is 0.868. The van der Waals surface area contributed by atoms with Crippen LogP contribution in [0.2, 0.25) is 0 Å². The van der Waals surface area contributed by atoms with Gasteiger partial charge in [-0.2, -0.15) is 0 Å². The van der Waals surface area contributed by atoms with E-state index in [2.05, 4.69) is 4.52 Å². The van der Waals surface area contributed by atoms with Crippen LogP contribution in [0.1, 0.15) is 77.2 Å². The monoisotopic (exact) mass is 442 g/mol. The van der Waals surface area contributed by atoms with Crippen molar-refractivity contribution in [1.29, 1.82) is 0 Å². The maximum absolute atomic E-state index is 11.3. The summed E-state index contributed by atoms with van der Waals surface area (Å²) in [6.07, 6.45) is 1.16. The number of hydrogen-bond acceptors (Lipinski definition) is 5. The second-order valence-corrected chi connectivity index (χ2v) is 8.84. The summed E-state index contributed by atoms with van der Waals surface area (Å²) < 4.78 is 29.4. The lowest BCUT2D eigenvalue weighted by molar-refractivity contribution is -0.155. The summed E-state index contributed by atoms with van der Waals surface area (Å²) in [6.45, 7) is 8.15. The van der Waals surface area contributed by atoms with E-state index < -0.39 is 32.5 Å². The van der Waals surface area contributed by atoms with Gasteiger partial charge in [-0.05, 0) is 26.7 Å². The molecule has 11 heteroatoms. The molecule has 0 heterocycles. The van der Waals surface area contributed by atoms with Crippen LogP contribution in [0.3, 0.4) is 0 Å². The Bertz CT molecular complexity index is 441. The van der Waals surface area contributed by atoms with Crippen molar-refractivity contribution in [2.75, 3.05) is 13.2 Å². The second-order valence-electron chi connectivity index (χ2n) is 5.54. The van der Waals surface area contributed by atoms with Gasteiger partial charge in [0.1, 0.15) is 6.61 Å². The Morgan fingerprint density at radius 2 is 1.37 bits per heavy atom. The summed E-state index contributed by atoms with van der Waals surface area (Å²) >= 11 is 0. The molecule has 0 aliphatic rings. The van der Waals surface area contributed by atoms with Crippen molar-refractivity contribution in [3.8, 4) is 0 Å². The summed E-state index contributed by atoms with van der Waals surface area (Å²) in [4.78, 5) is 44.8. The Morgan fingerprint density at radius 1 is 0.963 bits per heavy atom. The lowest BCUT2D eigenvalue weighted by atomic mass is 9.91. The Hall–Kier alpha value is -0.270. The molecular weight excluding hydrogens is 398 g/mol. The van der Waals surface area contributed by atoms with Crippen LogP contribution < -0.4 is 0 Å². The lowest BCUT2D eigenvalue weighted by Gasteiger charge is -2.20. The number of carbonyl (C=O) groups excluding carboxylic acids is 1. The molecule has 4 N–H and O–H groups in total. The minimum Gasteiger partial charge on any atom is -0.463 e. The maximum atomic E-state index is 11.3. The molecule has 0 aromatic rings.